The molecule has 0 atom stereocenters. The Kier molecular flexibility index (Phi) is 3.96. The van der Waals surface area contributed by atoms with Crippen molar-refractivity contribution in [2.75, 3.05) is 10.5 Å². The molecule has 0 unspecified atom stereocenters. The van der Waals surface area contributed by atoms with Gasteiger partial charge in [-0.2, -0.15) is 0 Å². The number of nitrogens with one attached hydrogen (secondary N) is 1. The van der Waals surface area contributed by atoms with Crippen LogP contribution in [0.2, 0.25) is 0 Å². The van der Waals surface area contributed by atoms with Crippen LogP contribution in [0.5, 0.6) is 0 Å². The summed E-state index contributed by atoms with van der Waals surface area (Å²) < 4.78 is 53.0. The van der Waals surface area contributed by atoms with Crippen molar-refractivity contribution in [3.63, 3.8) is 0 Å². The summed E-state index contributed by atoms with van der Waals surface area (Å²) in [6, 6.07) is 6.50. The highest BCUT2D eigenvalue weighted by atomic mass is 79.9. The number of nitrogens with two attached hydrogens (primary N) is 1. The van der Waals surface area contributed by atoms with Gasteiger partial charge >= 0.3 is 0 Å². The molecule has 0 aliphatic heterocycles. The van der Waals surface area contributed by atoms with Gasteiger partial charge in [-0.3, -0.25) is 4.72 Å². The molecule has 0 aliphatic carbocycles. The van der Waals surface area contributed by atoms with Crippen LogP contribution in [0.15, 0.2) is 45.8 Å². The minimum Gasteiger partial charge on any atom is -0.398 e. The van der Waals surface area contributed by atoms with E-state index >= 15 is 0 Å². The number of benzene rings is 2. The van der Waals surface area contributed by atoms with Gasteiger partial charge in [0.25, 0.3) is 10.0 Å². The van der Waals surface area contributed by atoms with E-state index in [0.717, 1.165) is 24.3 Å². The maximum Gasteiger partial charge on any atom is 0.264 e. The largest absolute Gasteiger partial charge is 0.398 e. The van der Waals surface area contributed by atoms with Gasteiger partial charge in [0.2, 0.25) is 0 Å². The Balaban J connectivity index is 2.46. The third-order valence-corrected chi connectivity index (χ3v) is 4.55. The van der Waals surface area contributed by atoms with Gasteiger partial charge in [0.15, 0.2) is 0 Å². The minimum absolute atomic E-state index is 0.00587. The zero-order valence-corrected chi connectivity index (χ0v) is 12.3. The van der Waals surface area contributed by atoms with Gasteiger partial charge in [0.1, 0.15) is 16.5 Å². The van der Waals surface area contributed by atoms with Crippen molar-refractivity contribution in [1.82, 2.24) is 0 Å². The molecular weight excluding hydrogens is 354 g/mol. The first-order valence-electron chi connectivity index (χ1n) is 5.32. The van der Waals surface area contributed by atoms with Crippen LogP contribution < -0.4 is 10.5 Å². The van der Waals surface area contributed by atoms with Crippen LogP contribution in [0.25, 0.3) is 0 Å². The summed E-state index contributed by atoms with van der Waals surface area (Å²) in [5, 5.41) is 0. The van der Waals surface area contributed by atoms with Crippen LogP contribution in [0.4, 0.5) is 20.2 Å². The standard InChI is InChI=1S/C12H9BrF2N2O2S/c13-9-3-1-7(14)5-11(9)17-20(18,19)12-6-8(15)2-4-10(12)16/h1-6,17H,16H2. The normalized spacial score (nSPS) is 11.3. The smallest absolute Gasteiger partial charge is 0.264 e. The third-order valence-electron chi connectivity index (χ3n) is 2.44. The summed E-state index contributed by atoms with van der Waals surface area (Å²) in [5.41, 5.74) is 5.41. The van der Waals surface area contributed by atoms with Gasteiger partial charge in [0.05, 0.1) is 11.4 Å². The van der Waals surface area contributed by atoms with E-state index in [-0.39, 0.29) is 11.4 Å². The Morgan fingerprint density at radius 3 is 2.35 bits per heavy atom. The summed E-state index contributed by atoms with van der Waals surface area (Å²) in [5.74, 6) is -1.35. The van der Waals surface area contributed by atoms with E-state index in [0.29, 0.717) is 4.47 Å². The van der Waals surface area contributed by atoms with E-state index in [2.05, 4.69) is 20.7 Å². The molecule has 20 heavy (non-hydrogen) atoms. The molecule has 0 heterocycles. The Bertz CT molecular complexity index is 766. The van der Waals surface area contributed by atoms with Gasteiger partial charge in [-0.1, -0.05) is 0 Å². The third kappa shape index (κ3) is 3.07. The van der Waals surface area contributed by atoms with Gasteiger partial charge in [-0.15, -0.1) is 0 Å². The van der Waals surface area contributed by atoms with E-state index in [1.807, 2.05) is 0 Å². The second-order valence-corrected chi connectivity index (χ2v) is 6.42. The van der Waals surface area contributed by atoms with Crippen molar-refractivity contribution in [2.24, 2.45) is 0 Å². The van der Waals surface area contributed by atoms with Crippen LogP contribution in [-0.4, -0.2) is 8.42 Å². The maximum atomic E-state index is 13.1. The summed E-state index contributed by atoms with van der Waals surface area (Å²) in [6.07, 6.45) is 0. The first-order chi connectivity index (χ1) is 9.29. The van der Waals surface area contributed by atoms with Gasteiger partial charge in [0, 0.05) is 4.47 Å². The molecule has 0 aliphatic rings. The predicted octanol–water partition coefficient (Wildman–Crippen LogP) is 3.11. The molecule has 0 saturated heterocycles. The van der Waals surface area contributed by atoms with E-state index in [9.17, 15) is 17.2 Å². The maximum absolute atomic E-state index is 13.1. The average Bonchev–Trinajstić information content (AvgIpc) is 2.36. The van der Waals surface area contributed by atoms with Gasteiger partial charge in [-0.05, 0) is 52.3 Å². The molecule has 2 rings (SSSR count). The fourth-order valence-electron chi connectivity index (χ4n) is 1.52. The zero-order chi connectivity index (χ0) is 14.9. The molecule has 4 nitrogen and oxygen atoms in total. The SMILES string of the molecule is Nc1ccc(F)cc1S(=O)(=O)Nc1cc(F)ccc1Br. The van der Waals surface area contributed by atoms with Crippen LogP contribution in [0.3, 0.4) is 0 Å². The molecule has 106 valence electrons. The molecule has 0 bridgehead atoms. The molecule has 0 amide bonds. The lowest BCUT2D eigenvalue weighted by molar-refractivity contribution is 0.595. The van der Waals surface area contributed by atoms with Crippen LogP contribution in [0, 0.1) is 11.6 Å². The molecule has 2 aromatic rings. The second-order valence-electron chi connectivity index (χ2n) is 3.91. The molecule has 0 aromatic heterocycles. The summed E-state index contributed by atoms with van der Waals surface area (Å²) in [6.45, 7) is 0. The zero-order valence-electron chi connectivity index (χ0n) is 9.90. The Labute approximate surface area is 122 Å². The van der Waals surface area contributed by atoms with E-state index in [1.54, 1.807) is 0 Å². The lowest BCUT2D eigenvalue weighted by Crippen LogP contribution is -2.15. The number of nitrogen functional groups attached to an aromatic ring is 1. The highest BCUT2D eigenvalue weighted by molar-refractivity contribution is 9.10. The predicted molar refractivity (Wildman–Crippen MR) is 75.7 cm³/mol. The second kappa shape index (κ2) is 5.37. The molecule has 0 spiro atoms. The van der Waals surface area contributed by atoms with Crippen LogP contribution >= 0.6 is 15.9 Å². The topological polar surface area (TPSA) is 72.2 Å². The van der Waals surface area contributed by atoms with E-state index < -0.39 is 26.6 Å². The Morgan fingerprint density at radius 2 is 1.65 bits per heavy atom. The monoisotopic (exact) mass is 362 g/mol. The lowest BCUT2D eigenvalue weighted by Gasteiger charge is -2.11. The Hall–Kier alpha value is -1.67. The highest BCUT2D eigenvalue weighted by Gasteiger charge is 2.19. The van der Waals surface area contributed by atoms with Crippen LogP contribution in [0.1, 0.15) is 0 Å². The van der Waals surface area contributed by atoms with Crippen molar-refractivity contribution in [2.45, 2.75) is 4.90 Å². The molecule has 0 fully saturated rings. The van der Waals surface area contributed by atoms with Crippen LogP contribution in [-0.2, 0) is 10.0 Å². The van der Waals surface area contributed by atoms with Crippen molar-refractivity contribution in [3.05, 3.63) is 52.5 Å². The van der Waals surface area contributed by atoms with Crippen molar-refractivity contribution >= 4 is 37.3 Å². The fraction of sp³-hybridized carbons (Fsp3) is 0. The number of anilines is 2. The first-order valence-corrected chi connectivity index (χ1v) is 7.60. The summed E-state index contributed by atoms with van der Waals surface area (Å²) >= 11 is 3.09. The first kappa shape index (κ1) is 14.7. The average molecular weight is 363 g/mol. The summed E-state index contributed by atoms with van der Waals surface area (Å²) in [7, 11) is -4.12. The number of sulfonamides is 1. The van der Waals surface area contributed by atoms with Crippen molar-refractivity contribution in [1.29, 1.82) is 0 Å². The fourth-order valence-corrected chi connectivity index (χ4v) is 3.21. The molecular formula is C12H9BrF2N2O2S. The highest BCUT2D eigenvalue weighted by Crippen LogP contribution is 2.27. The molecule has 8 heteroatoms. The number of rotatable bonds is 3. The minimum atomic E-state index is -4.12. The van der Waals surface area contributed by atoms with E-state index in [4.69, 9.17) is 5.73 Å². The van der Waals surface area contributed by atoms with Gasteiger partial charge < -0.3 is 5.73 Å². The van der Waals surface area contributed by atoms with Crippen molar-refractivity contribution < 1.29 is 17.2 Å². The Morgan fingerprint density at radius 1 is 1.05 bits per heavy atom. The number of hydrogen-bond donors (Lipinski definition) is 2. The van der Waals surface area contributed by atoms with Gasteiger partial charge in [-0.25, -0.2) is 17.2 Å². The number of hydrogen-bond acceptors (Lipinski definition) is 3. The molecule has 3 N–H and O–H groups in total. The summed E-state index contributed by atoms with van der Waals surface area (Å²) in [4.78, 5) is -0.409. The van der Waals surface area contributed by atoms with E-state index in [1.165, 1.54) is 12.1 Å². The number of halogens is 3. The molecule has 0 saturated carbocycles. The molecule has 0 radical (unpaired) electrons. The molecule has 2 aromatic carbocycles. The quantitative estimate of drug-likeness (QED) is 0.824. The lowest BCUT2D eigenvalue weighted by atomic mass is 10.3. The van der Waals surface area contributed by atoms with Crippen molar-refractivity contribution in [3.8, 4) is 0 Å².